The van der Waals surface area contributed by atoms with Crippen LogP contribution in [0, 0.1) is 0 Å². The molecule has 5 heteroatoms. The number of rotatable bonds is 6. The van der Waals surface area contributed by atoms with Gasteiger partial charge in [-0.2, -0.15) is 0 Å². The summed E-state index contributed by atoms with van der Waals surface area (Å²) < 4.78 is 0. The van der Waals surface area contributed by atoms with Crippen molar-refractivity contribution in [3.05, 3.63) is 48.0 Å². The lowest BCUT2D eigenvalue weighted by Gasteiger charge is -2.16. The van der Waals surface area contributed by atoms with Crippen molar-refractivity contribution in [1.29, 1.82) is 0 Å². The normalized spacial score (nSPS) is 11.4. The van der Waals surface area contributed by atoms with Gasteiger partial charge in [0.2, 0.25) is 5.91 Å². The summed E-state index contributed by atoms with van der Waals surface area (Å²) in [5, 5.41) is 11.2. The number of carboxylic acid groups (broad SMARTS) is 1. The number of hydrogen-bond donors (Lipinski definition) is 2. The number of Topliss-reactive ketones (excluding diaryl/α,β-unsaturated/α-hetero) is 1. The number of aliphatic carboxylic acids is 1. The number of benzene rings is 1. The van der Waals surface area contributed by atoms with Gasteiger partial charge in [0.1, 0.15) is 0 Å². The Kier molecular flexibility index (Phi) is 5.00. The first-order valence-electron chi connectivity index (χ1n) is 5.69. The van der Waals surface area contributed by atoms with Crippen LogP contribution in [0.25, 0.3) is 0 Å². The molecule has 1 rings (SSSR count). The van der Waals surface area contributed by atoms with E-state index in [1.165, 1.54) is 6.92 Å². The van der Waals surface area contributed by atoms with Gasteiger partial charge in [-0.1, -0.05) is 36.9 Å². The van der Waals surface area contributed by atoms with Crippen molar-refractivity contribution in [2.45, 2.75) is 19.4 Å². The second-order valence-electron chi connectivity index (χ2n) is 4.09. The molecule has 0 radical (unpaired) electrons. The molecule has 1 aromatic rings. The summed E-state index contributed by atoms with van der Waals surface area (Å²) in [4.78, 5) is 33.8. The predicted molar refractivity (Wildman–Crippen MR) is 69.5 cm³/mol. The standard InChI is InChI=1S/C14H15NO4/c1-9(14(18)19)13(17)12(15-10(2)16)8-11-6-4-3-5-7-11/h3-7,12H,1,8H2,2H3,(H,15,16)(H,18,19)/t12-/m0/s1. The van der Waals surface area contributed by atoms with E-state index in [-0.39, 0.29) is 6.42 Å². The average molecular weight is 261 g/mol. The van der Waals surface area contributed by atoms with Crippen molar-refractivity contribution in [3.63, 3.8) is 0 Å². The summed E-state index contributed by atoms with van der Waals surface area (Å²) in [6, 6.07) is 8.11. The molecule has 1 aromatic carbocycles. The molecule has 0 aliphatic rings. The van der Waals surface area contributed by atoms with Gasteiger partial charge < -0.3 is 10.4 Å². The molecule has 0 saturated carbocycles. The van der Waals surface area contributed by atoms with Crippen molar-refractivity contribution < 1.29 is 19.5 Å². The van der Waals surface area contributed by atoms with Crippen molar-refractivity contribution in [3.8, 4) is 0 Å². The Morgan fingerprint density at radius 2 is 1.84 bits per heavy atom. The summed E-state index contributed by atoms with van der Waals surface area (Å²) in [6.07, 6.45) is 0.228. The van der Waals surface area contributed by atoms with Crippen LogP contribution in [-0.4, -0.2) is 28.8 Å². The maximum atomic E-state index is 11.9. The molecular formula is C14H15NO4. The van der Waals surface area contributed by atoms with Crippen molar-refractivity contribution in [2.75, 3.05) is 0 Å². The van der Waals surface area contributed by atoms with Crippen LogP contribution in [-0.2, 0) is 20.8 Å². The molecule has 19 heavy (non-hydrogen) atoms. The van der Waals surface area contributed by atoms with Crippen LogP contribution in [0.15, 0.2) is 42.5 Å². The number of carbonyl (C=O) groups is 3. The van der Waals surface area contributed by atoms with Gasteiger partial charge in [0.25, 0.3) is 0 Å². The van der Waals surface area contributed by atoms with Gasteiger partial charge >= 0.3 is 5.97 Å². The first kappa shape index (κ1) is 14.6. The van der Waals surface area contributed by atoms with Crippen molar-refractivity contribution in [2.24, 2.45) is 0 Å². The Balaban J connectivity index is 2.89. The summed E-state index contributed by atoms with van der Waals surface area (Å²) in [6.45, 7) is 4.50. The summed E-state index contributed by atoms with van der Waals surface area (Å²) in [7, 11) is 0. The number of amides is 1. The van der Waals surface area contributed by atoms with Gasteiger partial charge in [-0.05, 0) is 5.56 Å². The third-order valence-electron chi connectivity index (χ3n) is 2.53. The SMILES string of the molecule is C=C(C(=O)O)C(=O)[C@H](Cc1ccccc1)NC(C)=O. The van der Waals surface area contributed by atoms with E-state index in [1.807, 2.05) is 6.07 Å². The Hall–Kier alpha value is -2.43. The monoisotopic (exact) mass is 261 g/mol. The summed E-state index contributed by atoms with van der Waals surface area (Å²) >= 11 is 0. The topological polar surface area (TPSA) is 83.5 Å². The van der Waals surface area contributed by atoms with E-state index in [1.54, 1.807) is 24.3 Å². The highest BCUT2D eigenvalue weighted by Gasteiger charge is 2.25. The maximum Gasteiger partial charge on any atom is 0.338 e. The molecule has 0 bridgehead atoms. The van der Waals surface area contributed by atoms with Crippen molar-refractivity contribution in [1.82, 2.24) is 5.32 Å². The molecule has 2 N–H and O–H groups in total. The Morgan fingerprint density at radius 3 is 2.32 bits per heavy atom. The molecule has 0 saturated heterocycles. The molecule has 0 unspecified atom stereocenters. The third-order valence-corrected chi connectivity index (χ3v) is 2.53. The van der Waals surface area contributed by atoms with Crippen LogP contribution in [0.1, 0.15) is 12.5 Å². The molecule has 0 aliphatic carbocycles. The lowest BCUT2D eigenvalue weighted by molar-refractivity contribution is -0.135. The number of nitrogens with one attached hydrogen (secondary N) is 1. The van der Waals surface area contributed by atoms with E-state index in [9.17, 15) is 14.4 Å². The second-order valence-corrected chi connectivity index (χ2v) is 4.09. The lowest BCUT2D eigenvalue weighted by Crippen LogP contribution is -2.42. The molecule has 100 valence electrons. The van der Waals surface area contributed by atoms with Gasteiger partial charge in [-0.3, -0.25) is 9.59 Å². The van der Waals surface area contributed by atoms with Crippen LogP contribution in [0.2, 0.25) is 0 Å². The first-order valence-corrected chi connectivity index (χ1v) is 5.69. The predicted octanol–water partition coefficient (Wildman–Crippen LogP) is 0.944. The van der Waals surface area contributed by atoms with E-state index in [0.717, 1.165) is 5.56 Å². The average Bonchev–Trinajstić information content (AvgIpc) is 2.36. The number of carboxylic acids is 1. The van der Waals surface area contributed by atoms with Crippen LogP contribution >= 0.6 is 0 Å². The Morgan fingerprint density at radius 1 is 1.26 bits per heavy atom. The minimum atomic E-state index is -1.38. The van der Waals surface area contributed by atoms with Crippen LogP contribution in [0.4, 0.5) is 0 Å². The maximum absolute atomic E-state index is 11.9. The fourth-order valence-electron chi connectivity index (χ4n) is 1.62. The van der Waals surface area contributed by atoms with Gasteiger partial charge in [0, 0.05) is 13.3 Å². The molecule has 0 aromatic heterocycles. The van der Waals surface area contributed by atoms with Crippen molar-refractivity contribution >= 4 is 17.7 Å². The molecule has 0 aliphatic heterocycles. The van der Waals surface area contributed by atoms with Gasteiger partial charge in [-0.25, -0.2) is 4.79 Å². The smallest absolute Gasteiger partial charge is 0.338 e. The van der Waals surface area contributed by atoms with E-state index in [4.69, 9.17) is 5.11 Å². The van der Waals surface area contributed by atoms with Crippen LogP contribution in [0.3, 0.4) is 0 Å². The molecule has 0 heterocycles. The minimum Gasteiger partial charge on any atom is -0.478 e. The molecule has 1 amide bonds. The fourth-order valence-corrected chi connectivity index (χ4v) is 1.62. The van der Waals surface area contributed by atoms with E-state index < -0.39 is 29.3 Å². The van der Waals surface area contributed by atoms with Gasteiger partial charge in [0.15, 0.2) is 5.78 Å². The number of hydrogen-bond acceptors (Lipinski definition) is 3. The van der Waals surface area contributed by atoms with Gasteiger partial charge in [-0.15, -0.1) is 0 Å². The summed E-state index contributed by atoms with van der Waals surface area (Å²) in [5.74, 6) is -2.47. The fraction of sp³-hybridized carbons (Fsp3) is 0.214. The highest BCUT2D eigenvalue weighted by Crippen LogP contribution is 2.07. The molecule has 1 atom stereocenters. The zero-order valence-electron chi connectivity index (χ0n) is 10.6. The highest BCUT2D eigenvalue weighted by molar-refractivity contribution is 6.18. The molecular weight excluding hydrogens is 246 g/mol. The third kappa shape index (κ3) is 4.39. The number of ketones is 1. The molecule has 0 spiro atoms. The largest absolute Gasteiger partial charge is 0.478 e. The Bertz CT molecular complexity index is 507. The van der Waals surface area contributed by atoms with Crippen LogP contribution < -0.4 is 5.32 Å². The minimum absolute atomic E-state index is 0.228. The Labute approximate surface area is 110 Å². The highest BCUT2D eigenvalue weighted by atomic mass is 16.4. The second kappa shape index (κ2) is 6.49. The zero-order chi connectivity index (χ0) is 14.4. The zero-order valence-corrected chi connectivity index (χ0v) is 10.6. The lowest BCUT2D eigenvalue weighted by atomic mass is 9.98. The molecule has 5 nitrogen and oxygen atoms in total. The number of carbonyl (C=O) groups excluding carboxylic acids is 2. The van der Waals surface area contributed by atoms with E-state index in [0.29, 0.717) is 0 Å². The quantitative estimate of drug-likeness (QED) is 0.453. The molecule has 0 fully saturated rings. The van der Waals surface area contributed by atoms with Gasteiger partial charge in [0.05, 0.1) is 11.6 Å². The first-order chi connectivity index (χ1) is 8.91. The van der Waals surface area contributed by atoms with E-state index in [2.05, 4.69) is 11.9 Å². The summed E-state index contributed by atoms with van der Waals surface area (Å²) in [5.41, 5.74) is 0.294. The van der Waals surface area contributed by atoms with Crippen LogP contribution in [0.5, 0.6) is 0 Å². The van der Waals surface area contributed by atoms with E-state index >= 15 is 0 Å².